The largest absolute Gasteiger partial charge is 0.317 e. The average Bonchev–Trinajstić information content (AvgIpc) is 2.16. The fourth-order valence-electron chi connectivity index (χ4n) is 1.14. The quantitative estimate of drug-likeness (QED) is 0.400. The molecule has 0 heterocycles. The third-order valence-corrected chi connectivity index (χ3v) is 1.90. The maximum atomic E-state index is 3.69. The van der Waals surface area contributed by atoms with Crippen LogP contribution in [-0.4, -0.2) is 26.2 Å². The Hall–Kier alpha value is -0.340. The molecule has 0 fully saturated rings. The number of hydrogen-bond acceptors (Lipinski definition) is 2. The van der Waals surface area contributed by atoms with Gasteiger partial charge in [0.05, 0.1) is 0 Å². The number of allylic oxidation sites excluding steroid dienone is 1. The van der Waals surface area contributed by atoms with Crippen LogP contribution in [0.2, 0.25) is 0 Å². The third kappa shape index (κ3) is 11.7. The van der Waals surface area contributed by atoms with E-state index in [1.54, 1.807) is 0 Å². The predicted molar refractivity (Wildman–Crippen MR) is 60.1 cm³/mol. The van der Waals surface area contributed by atoms with E-state index < -0.39 is 0 Å². The highest BCUT2D eigenvalue weighted by molar-refractivity contribution is 4.66. The van der Waals surface area contributed by atoms with E-state index in [0.29, 0.717) is 0 Å². The maximum absolute atomic E-state index is 3.69. The number of nitrogens with one attached hydrogen (secondary N) is 2. The van der Waals surface area contributed by atoms with Gasteiger partial charge in [0.15, 0.2) is 0 Å². The summed E-state index contributed by atoms with van der Waals surface area (Å²) in [5.74, 6) is 0. The summed E-state index contributed by atoms with van der Waals surface area (Å²) in [6.45, 7) is 10.4. The summed E-state index contributed by atoms with van der Waals surface area (Å²) in [5, 5.41) is 6.79. The van der Waals surface area contributed by atoms with Gasteiger partial charge in [-0.25, -0.2) is 0 Å². The van der Waals surface area contributed by atoms with Crippen LogP contribution >= 0.6 is 0 Å². The Balaban J connectivity index is 2.79. The number of rotatable bonds is 10. The molecule has 2 heteroatoms. The highest BCUT2D eigenvalue weighted by atomic mass is 14.9. The lowest BCUT2D eigenvalue weighted by Crippen LogP contribution is -2.23. The standard InChI is InChI=1S/C11H24N2/c1-3-5-6-9-13-11-7-10-12-8-4-2/h3,12-13H,1,4-11H2,2H3. The van der Waals surface area contributed by atoms with Gasteiger partial charge in [-0.15, -0.1) is 6.58 Å². The first-order valence-electron chi connectivity index (χ1n) is 5.44. The van der Waals surface area contributed by atoms with E-state index in [4.69, 9.17) is 0 Å². The van der Waals surface area contributed by atoms with Crippen LogP contribution < -0.4 is 10.6 Å². The second kappa shape index (κ2) is 11.7. The molecule has 0 amide bonds. The second-order valence-corrected chi connectivity index (χ2v) is 3.28. The molecule has 0 radical (unpaired) electrons. The van der Waals surface area contributed by atoms with Gasteiger partial charge in [0.25, 0.3) is 0 Å². The normalized spacial score (nSPS) is 10.2. The molecule has 0 aliphatic carbocycles. The zero-order valence-electron chi connectivity index (χ0n) is 8.94. The van der Waals surface area contributed by atoms with Crippen molar-refractivity contribution in [3.8, 4) is 0 Å². The van der Waals surface area contributed by atoms with Crippen LogP contribution in [0.3, 0.4) is 0 Å². The minimum Gasteiger partial charge on any atom is -0.317 e. The third-order valence-electron chi connectivity index (χ3n) is 1.90. The van der Waals surface area contributed by atoms with Crippen LogP contribution in [0.5, 0.6) is 0 Å². The number of unbranched alkanes of at least 4 members (excludes halogenated alkanes) is 1. The molecule has 0 aromatic rings. The molecular weight excluding hydrogens is 160 g/mol. The summed E-state index contributed by atoms with van der Waals surface area (Å²) in [5.41, 5.74) is 0. The first kappa shape index (κ1) is 12.7. The van der Waals surface area contributed by atoms with E-state index >= 15 is 0 Å². The van der Waals surface area contributed by atoms with Crippen molar-refractivity contribution in [2.24, 2.45) is 0 Å². The Morgan fingerprint density at radius 3 is 2.23 bits per heavy atom. The molecule has 0 bridgehead atoms. The molecule has 0 rings (SSSR count). The van der Waals surface area contributed by atoms with Gasteiger partial charge in [0.1, 0.15) is 0 Å². The lowest BCUT2D eigenvalue weighted by Gasteiger charge is -2.04. The molecule has 78 valence electrons. The van der Waals surface area contributed by atoms with E-state index in [1.165, 1.54) is 19.3 Å². The summed E-state index contributed by atoms with van der Waals surface area (Å²) in [4.78, 5) is 0. The Bertz CT molecular complexity index is 102. The van der Waals surface area contributed by atoms with Crippen LogP contribution in [-0.2, 0) is 0 Å². The molecule has 0 atom stereocenters. The van der Waals surface area contributed by atoms with Crippen molar-refractivity contribution in [1.29, 1.82) is 0 Å². The van der Waals surface area contributed by atoms with Crippen molar-refractivity contribution in [3.63, 3.8) is 0 Å². The van der Waals surface area contributed by atoms with Gasteiger partial charge in [-0.2, -0.15) is 0 Å². The molecule has 0 saturated carbocycles. The van der Waals surface area contributed by atoms with Crippen molar-refractivity contribution >= 4 is 0 Å². The molecule has 2 N–H and O–H groups in total. The highest BCUT2D eigenvalue weighted by Gasteiger charge is 1.87. The maximum Gasteiger partial charge on any atom is -0.00368 e. The van der Waals surface area contributed by atoms with E-state index in [-0.39, 0.29) is 0 Å². The fourth-order valence-corrected chi connectivity index (χ4v) is 1.14. The van der Waals surface area contributed by atoms with E-state index in [0.717, 1.165) is 32.6 Å². The molecule has 0 aromatic heterocycles. The summed E-state index contributed by atoms with van der Waals surface area (Å²) in [7, 11) is 0. The van der Waals surface area contributed by atoms with E-state index in [2.05, 4.69) is 24.1 Å². The second-order valence-electron chi connectivity index (χ2n) is 3.28. The summed E-state index contributed by atoms with van der Waals surface area (Å²) in [6, 6.07) is 0. The Kier molecular flexibility index (Phi) is 11.4. The van der Waals surface area contributed by atoms with Crippen LogP contribution in [0.25, 0.3) is 0 Å². The molecule has 0 aromatic carbocycles. The first-order chi connectivity index (χ1) is 6.41. The van der Waals surface area contributed by atoms with Gasteiger partial charge in [0, 0.05) is 0 Å². The molecule has 0 unspecified atom stereocenters. The Morgan fingerprint density at radius 2 is 1.62 bits per heavy atom. The van der Waals surface area contributed by atoms with Crippen molar-refractivity contribution in [1.82, 2.24) is 10.6 Å². The van der Waals surface area contributed by atoms with Gasteiger partial charge < -0.3 is 10.6 Å². The zero-order valence-corrected chi connectivity index (χ0v) is 8.94. The minimum atomic E-state index is 1.12. The first-order valence-corrected chi connectivity index (χ1v) is 5.44. The van der Waals surface area contributed by atoms with Crippen LogP contribution in [0.15, 0.2) is 12.7 Å². The summed E-state index contributed by atoms with van der Waals surface area (Å²) < 4.78 is 0. The van der Waals surface area contributed by atoms with Gasteiger partial charge in [-0.05, 0) is 51.9 Å². The molecular formula is C11H24N2. The molecule has 0 saturated heterocycles. The molecule has 13 heavy (non-hydrogen) atoms. The summed E-state index contributed by atoms with van der Waals surface area (Å²) >= 11 is 0. The SMILES string of the molecule is C=CCCCNCCCNCCC. The Labute approximate surface area is 82.8 Å². The number of hydrogen-bond donors (Lipinski definition) is 2. The molecule has 2 nitrogen and oxygen atoms in total. The van der Waals surface area contributed by atoms with Gasteiger partial charge in [-0.1, -0.05) is 13.0 Å². The van der Waals surface area contributed by atoms with Gasteiger partial charge >= 0.3 is 0 Å². The van der Waals surface area contributed by atoms with Crippen LogP contribution in [0.1, 0.15) is 32.6 Å². The predicted octanol–water partition coefficient (Wildman–Crippen LogP) is 1.93. The van der Waals surface area contributed by atoms with E-state index in [1.807, 2.05) is 6.08 Å². The van der Waals surface area contributed by atoms with E-state index in [9.17, 15) is 0 Å². The summed E-state index contributed by atoms with van der Waals surface area (Å²) in [6.07, 6.45) is 6.78. The lowest BCUT2D eigenvalue weighted by molar-refractivity contribution is 0.584. The lowest BCUT2D eigenvalue weighted by atomic mass is 10.3. The van der Waals surface area contributed by atoms with Crippen molar-refractivity contribution in [2.75, 3.05) is 26.2 Å². The van der Waals surface area contributed by atoms with Crippen molar-refractivity contribution in [3.05, 3.63) is 12.7 Å². The average molecular weight is 184 g/mol. The zero-order chi connectivity index (χ0) is 9.78. The topological polar surface area (TPSA) is 24.1 Å². The molecule has 0 aliphatic rings. The Morgan fingerprint density at radius 1 is 1.00 bits per heavy atom. The van der Waals surface area contributed by atoms with Crippen LogP contribution in [0, 0.1) is 0 Å². The van der Waals surface area contributed by atoms with Crippen LogP contribution in [0.4, 0.5) is 0 Å². The smallest absolute Gasteiger partial charge is 0.00368 e. The van der Waals surface area contributed by atoms with Crippen molar-refractivity contribution < 1.29 is 0 Å². The fraction of sp³-hybridized carbons (Fsp3) is 0.818. The van der Waals surface area contributed by atoms with Crippen molar-refractivity contribution in [2.45, 2.75) is 32.6 Å². The highest BCUT2D eigenvalue weighted by Crippen LogP contribution is 1.86. The van der Waals surface area contributed by atoms with Gasteiger partial charge in [0.2, 0.25) is 0 Å². The molecule has 0 aliphatic heterocycles. The molecule has 0 spiro atoms. The minimum absolute atomic E-state index is 1.12. The monoisotopic (exact) mass is 184 g/mol. The van der Waals surface area contributed by atoms with Gasteiger partial charge in [-0.3, -0.25) is 0 Å².